The largest absolute Gasteiger partial charge is 0.494 e. The molecule has 1 amide bonds. The second-order valence-corrected chi connectivity index (χ2v) is 7.98. The van der Waals surface area contributed by atoms with Crippen molar-refractivity contribution >= 4 is 5.91 Å². The van der Waals surface area contributed by atoms with E-state index in [9.17, 15) is 4.79 Å². The molecule has 0 unspecified atom stereocenters. The number of fused-ring (bicyclic) bond motifs is 12. The zero-order chi connectivity index (χ0) is 19.6. The van der Waals surface area contributed by atoms with Gasteiger partial charge in [0.1, 0.15) is 5.75 Å². The van der Waals surface area contributed by atoms with Crippen molar-refractivity contribution in [1.29, 1.82) is 0 Å². The summed E-state index contributed by atoms with van der Waals surface area (Å²) in [4.78, 5) is 18.1. The van der Waals surface area contributed by atoms with E-state index in [1.54, 1.807) is 5.64 Å². The van der Waals surface area contributed by atoms with Gasteiger partial charge in [-0.05, 0) is 68.6 Å². The molecule has 1 aromatic carbocycles. The Bertz CT molecular complexity index is 562. The molecular weight excluding hydrogens is 344 g/mol. The minimum absolute atomic E-state index is 0.00904. The predicted molar refractivity (Wildman–Crippen MR) is 104 cm³/mol. The van der Waals surface area contributed by atoms with Gasteiger partial charge in [-0.15, -0.1) is 0 Å². The summed E-state index contributed by atoms with van der Waals surface area (Å²) in [7, 11) is 0. The van der Waals surface area contributed by atoms with E-state index >= 15 is 0 Å². The van der Waals surface area contributed by atoms with E-state index in [2.05, 4.69) is 38.2 Å². The van der Waals surface area contributed by atoms with Gasteiger partial charge in [-0.25, -0.2) is 0 Å². The van der Waals surface area contributed by atoms with E-state index in [-0.39, 0.29) is 30.4 Å². The first-order valence-electron chi connectivity index (χ1n) is 10.0. The van der Waals surface area contributed by atoms with Gasteiger partial charge in [0.2, 0.25) is 5.91 Å². The molecule has 2 bridgehead atoms. The minimum atomic E-state index is -0.154. The van der Waals surface area contributed by atoms with Crippen LogP contribution in [-0.4, -0.2) is 30.4 Å². The molecule has 152 valence electrons. The van der Waals surface area contributed by atoms with Crippen LogP contribution in [0.5, 0.6) is 5.75 Å². The fraction of sp³-hybridized carbons (Fsp3) is 0.667. The van der Waals surface area contributed by atoms with Crippen molar-refractivity contribution in [3.8, 4) is 5.75 Å². The zero-order valence-electron chi connectivity index (χ0n) is 16.7. The lowest BCUT2D eigenvalue weighted by Gasteiger charge is -2.28. The van der Waals surface area contributed by atoms with Crippen molar-refractivity contribution in [3.05, 3.63) is 29.8 Å². The highest BCUT2D eigenvalue weighted by molar-refractivity contribution is 5.79. The van der Waals surface area contributed by atoms with Crippen LogP contribution in [-0.2, 0) is 16.1 Å². The number of ether oxygens (including phenoxy) is 1. The summed E-state index contributed by atoms with van der Waals surface area (Å²) in [5.41, 5.74) is 3.01. The Balaban J connectivity index is 2.16. The van der Waals surface area contributed by atoms with Crippen LogP contribution >= 0.6 is 0 Å². The molecule has 0 aromatic heterocycles. The molecule has 0 saturated carbocycles. The molecule has 2 aliphatic heterocycles. The highest BCUT2D eigenvalue weighted by Gasteiger charge is 2.30. The molecule has 3 rings (SSSR count). The summed E-state index contributed by atoms with van der Waals surface area (Å²) in [6.45, 7) is 7.18. The van der Waals surface area contributed by atoms with Gasteiger partial charge >= 0.3 is 0 Å². The van der Waals surface area contributed by atoms with Crippen molar-refractivity contribution in [3.63, 3.8) is 0 Å². The zero-order valence-corrected chi connectivity index (χ0v) is 16.7. The first-order chi connectivity index (χ1) is 13.0. The average Bonchev–Trinajstić information content (AvgIpc) is 2.65. The number of hydrogen-bond acceptors (Lipinski definition) is 5. The Morgan fingerprint density at radius 1 is 1.30 bits per heavy atom. The fourth-order valence-corrected chi connectivity index (χ4v) is 3.66. The lowest BCUT2D eigenvalue weighted by Crippen LogP contribution is -2.42. The lowest BCUT2D eigenvalue weighted by molar-refractivity contribution is -0.149. The molecule has 0 fully saturated rings. The van der Waals surface area contributed by atoms with Crippen molar-refractivity contribution in [2.24, 2.45) is 17.8 Å². The van der Waals surface area contributed by atoms with Gasteiger partial charge in [0.25, 0.3) is 0 Å². The van der Waals surface area contributed by atoms with Gasteiger partial charge in [0.05, 0.1) is 13.2 Å². The summed E-state index contributed by atoms with van der Waals surface area (Å²) in [5, 5.41) is 12.0. The average molecular weight is 379 g/mol. The second kappa shape index (κ2) is 11.3. The van der Waals surface area contributed by atoms with Crippen molar-refractivity contribution < 1.29 is 19.6 Å². The van der Waals surface area contributed by atoms with Gasteiger partial charge in [0, 0.05) is 12.0 Å². The molecule has 0 aliphatic carbocycles. The van der Waals surface area contributed by atoms with Crippen LogP contribution in [0.4, 0.5) is 0 Å². The van der Waals surface area contributed by atoms with Gasteiger partial charge in [0.15, 0.2) is 0 Å². The number of carbonyl (C=O) groups excluding carboxylic acids is 1. The third-order valence-corrected chi connectivity index (χ3v) is 5.16. The summed E-state index contributed by atoms with van der Waals surface area (Å²) < 4.78 is 5.85. The monoisotopic (exact) mass is 378 g/mol. The predicted octanol–water partition coefficient (Wildman–Crippen LogP) is 3.49. The molecule has 3 N–H and O–H groups in total. The Morgan fingerprint density at radius 2 is 2.04 bits per heavy atom. The highest BCUT2D eigenvalue weighted by atomic mass is 16.8. The molecule has 0 saturated heterocycles. The van der Waals surface area contributed by atoms with Crippen LogP contribution in [0.25, 0.3) is 0 Å². The SMILES string of the molecule is CC(C)C[C@H]1C(=O)N[C@H](C)CCc2ccc(cc2)OCCC[C@@H]1CONO. The fourth-order valence-electron chi connectivity index (χ4n) is 3.66. The molecule has 27 heavy (non-hydrogen) atoms. The van der Waals surface area contributed by atoms with Crippen molar-refractivity contribution in [1.82, 2.24) is 11.0 Å². The summed E-state index contributed by atoms with van der Waals surface area (Å²) in [6.07, 6.45) is 4.20. The molecule has 0 radical (unpaired) electrons. The number of hydrogen-bond donors (Lipinski definition) is 3. The van der Waals surface area contributed by atoms with Crippen LogP contribution in [0.1, 0.15) is 52.0 Å². The van der Waals surface area contributed by atoms with Gasteiger partial charge < -0.3 is 10.1 Å². The van der Waals surface area contributed by atoms with Crippen LogP contribution in [0.3, 0.4) is 0 Å². The van der Waals surface area contributed by atoms with E-state index in [0.29, 0.717) is 12.5 Å². The van der Waals surface area contributed by atoms with Gasteiger partial charge in [-0.1, -0.05) is 31.6 Å². The molecule has 1 aromatic rings. The molecule has 3 atom stereocenters. The maximum atomic E-state index is 13.0. The van der Waals surface area contributed by atoms with E-state index in [0.717, 1.165) is 37.9 Å². The van der Waals surface area contributed by atoms with E-state index in [1.165, 1.54) is 5.56 Å². The number of nitrogens with one attached hydrogen (secondary N) is 2. The molecule has 2 heterocycles. The number of amides is 1. The summed E-state index contributed by atoms with van der Waals surface area (Å²) >= 11 is 0. The minimum Gasteiger partial charge on any atom is -0.494 e. The standard InChI is InChI=1S/C21H34N2O4/c1-15(2)13-20-18(14-27-23-25)5-4-12-26-19-10-8-17(9-11-19)7-6-16(3)22-21(20)24/h8-11,15-16,18,20,23,25H,4-7,12-14H2,1-3H3,(H,22,24)/t16-,18-,20-/m1/s1. The van der Waals surface area contributed by atoms with E-state index in [4.69, 9.17) is 14.8 Å². The first kappa shape index (κ1) is 21.7. The molecule has 6 heteroatoms. The van der Waals surface area contributed by atoms with E-state index in [1.807, 2.05) is 12.1 Å². The lowest BCUT2D eigenvalue weighted by atomic mass is 9.82. The van der Waals surface area contributed by atoms with Crippen molar-refractivity contribution in [2.45, 2.75) is 58.9 Å². The Hall–Kier alpha value is -1.63. The number of aryl methyl sites for hydroxylation is 1. The van der Waals surface area contributed by atoms with Crippen LogP contribution < -0.4 is 15.7 Å². The van der Waals surface area contributed by atoms with Crippen LogP contribution in [0.15, 0.2) is 24.3 Å². The van der Waals surface area contributed by atoms with Gasteiger partial charge in [-0.2, -0.15) is 0 Å². The Kier molecular flexibility index (Phi) is 9.04. The van der Waals surface area contributed by atoms with Crippen LogP contribution in [0, 0.1) is 17.8 Å². The topological polar surface area (TPSA) is 79.8 Å². The number of rotatable bonds is 5. The smallest absolute Gasteiger partial charge is 0.223 e. The first-order valence-corrected chi connectivity index (χ1v) is 10.0. The highest BCUT2D eigenvalue weighted by Crippen LogP contribution is 2.26. The summed E-state index contributed by atoms with van der Waals surface area (Å²) in [5.74, 6) is 1.20. The normalized spacial score (nSPS) is 24.8. The molecule has 6 nitrogen and oxygen atoms in total. The maximum Gasteiger partial charge on any atom is 0.223 e. The van der Waals surface area contributed by atoms with E-state index < -0.39 is 0 Å². The van der Waals surface area contributed by atoms with Gasteiger partial charge in [-0.3, -0.25) is 14.8 Å². The maximum absolute atomic E-state index is 13.0. The Morgan fingerprint density at radius 3 is 2.70 bits per heavy atom. The molecule has 0 spiro atoms. The third-order valence-electron chi connectivity index (χ3n) is 5.16. The Labute approximate surface area is 162 Å². The van der Waals surface area contributed by atoms with Crippen molar-refractivity contribution in [2.75, 3.05) is 13.2 Å². The second-order valence-electron chi connectivity index (χ2n) is 7.98. The van der Waals surface area contributed by atoms with Crippen LogP contribution in [0.2, 0.25) is 0 Å². The third kappa shape index (κ3) is 7.48. The quantitative estimate of drug-likeness (QED) is 0.684. The molecular formula is C21H34N2O4. The summed E-state index contributed by atoms with van der Waals surface area (Å²) in [6, 6.07) is 8.31. The number of carbonyl (C=O) groups is 1. The number of benzene rings is 1. The molecule has 2 aliphatic rings.